The molecule has 0 atom stereocenters. The van der Waals surface area contributed by atoms with E-state index >= 15 is 0 Å². The van der Waals surface area contributed by atoms with Crippen molar-refractivity contribution in [2.75, 3.05) is 0 Å². The predicted molar refractivity (Wildman–Crippen MR) is 89.0 cm³/mol. The molecule has 3 rings (SSSR count). The molecule has 0 bridgehead atoms. The van der Waals surface area contributed by atoms with E-state index in [0.717, 1.165) is 11.1 Å². The third kappa shape index (κ3) is 3.08. The van der Waals surface area contributed by atoms with Crippen LogP contribution >= 0.6 is 23.8 Å². The molecule has 7 heteroatoms. The molecule has 0 aliphatic carbocycles. The summed E-state index contributed by atoms with van der Waals surface area (Å²) in [6.45, 7) is 0. The highest BCUT2D eigenvalue weighted by molar-refractivity contribution is 7.71. The van der Waals surface area contributed by atoms with Crippen molar-refractivity contribution in [3.05, 3.63) is 63.9 Å². The third-order valence-electron chi connectivity index (χ3n) is 2.95. The van der Waals surface area contributed by atoms with E-state index < -0.39 is 0 Å². The van der Waals surface area contributed by atoms with Gasteiger partial charge in [-0.15, -0.1) is 0 Å². The molecule has 5 nitrogen and oxygen atoms in total. The van der Waals surface area contributed by atoms with E-state index in [-0.39, 0.29) is 5.75 Å². The normalized spacial score (nSPS) is 11.1. The molecular weight excluding hydrogens is 320 g/mol. The molecule has 0 radical (unpaired) electrons. The number of hydrogen-bond donors (Lipinski definition) is 2. The summed E-state index contributed by atoms with van der Waals surface area (Å²) in [6.07, 6.45) is 1.60. The molecule has 0 aliphatic rings. The SMILES string of the molecule is Oc1cccc(C=Nn2c(-c3ccc(Cl)cc3)n[nH]c2=S)c1. The lowest BCUT2D eigenvalue weighted by atomic mass is 10.2. The minimum atomic E-state index is 0.178. The highest BCUT2D eigenvalue weighted by Crippen LogP contribution is 2.20. The zero-order chi connectivity index (χ0) is 15.5. The Morgan fingerprint density at radius 2 is 2.00 bits per heavy atom. The lowest BCUT2D eigenvalue weighted by molar-refractivity contribution is 0.475. The summed E-state index contributed by atoms with van der Waals surface area (Å²) < 4.78 is 1.89. The molecule has 3 aromatic rings. The number of rotatable bonds is 3. The van der Waals surface area contributed by atoms with Gasteiger partial charge in [0.1, 0.15) is 5.75 Å². The van der Waals surface area contributed by atoms with Gasteiger partial charge in [-0.1, -0.05) is 23.7 Å². The molecule has 1 aromatic heterocycles. The topological polar surface area (TPSA) is 66.2 Å². The monoisotopic (exact) mass is 330 g/mol. The van der Waals surface area contributed by atoms with Crippen molar-refractivity contribution in [3.63, 3.8) is 0 Å². The van der Waals surface area contributed by atoms with Crippen LogP contribution in [0.3, 0.4) is 0 Å². The van der Waals surface area contributed by atoms with E-state index in [4.69, 9.17) is 23.8 Å². The Bertz CT molecular complexity index is 883. The van der Waals surface area contributed by atoms with E-state index in [1.807, 2.05) is 18.2 Å². The number of phenolic OH excluding ortho intramolecular Hbond substituents is 1. The first-order valence-corrected chi connectivity index (χ1v) is 7.19. The average Bonchev–Trinajstić information content (AvgIpc) is 2.87. The smallest absolute Gasteiger partial charge is 0.216 e. The lowest BCUT2D eigenvalue weighted by Crippen LogP contribution is -1.95. The number of nitrogens with zero attached hydrogens (tertiary/aromatic N) is 3. The molecule has 0 saturated heterocycles. The first-order chi connectivity index (χ1) is 10.6. The second-order valence-electron chi connectivity index (χ2n) is 4.51. The van der Waals surface area contributed by atoms with E-state index in [2.05, 4.69) is 15.3 Å². The van der Waals surface area contributed by atoms with Crippen LogP contribution in [0.2, 0.25) is 5.02 Å². The van der Waals surface area contributed by atoms with E-state index in [9.17, 15) is 5.11 Å². The van der Waals surface area contributed by atoms with Gasteiger partial charge in [-0.05, 0) is 54.2 Å². The lowest BCUT2D eigenvalue weighted by Gasteiger charge is -2.01. The Balaban J connectivity index is 1.99. The fourth-order valence-corrected chi connectivity index (χ4v) is 2.22. The molecule has 0 spiro atoms. The second kappa shape index (κ2) is 6.13. The van der Waals surface area contributed by atoms with Gasteiger partial charge in [0, 0.05) is 10.6 Å². The maximum absolute atomic E-state index is 9.46. The van der Waals surface area contributed by atoms with Gasteiger partial charge in [0.05, 0.1) is 6.21 Å². The number of aromatic hydroxyl groups is 1. The Morgan fingerprint density at radius 3 is 2.73 bits per heavy atom. The van der Waals surface area contributed by atoms with E-state index in [1.54, 1.807) is 36.5 Å². The Hall–Kier alpha value is -2.44. The first kappa shape index (κ1) is 14.5. The van der Waals surface area contributed by atoms with Crippen LogP contribution in [0.5, 0.6) is 5.75 Å². The number of nitrogens with one attached hydrogen (secondary N) is 1. The second-order valence-corrected chi connectivity index (χ2v) is 5.33. The maximum Gasteiger partial charge on any atom is 0.216 e. The Morgan fingerprint density at radius 1 is 1.23 bits per heavy atom. The molecule has 0 fully saturated rings. The summed E-state index contributed by atoms with van der Waals surface area (Å²) in [6, 6.07) is 14.0. The Labute approximate surface area is 136 Å². The van der Waals surface area contributed by atoms with Crippen molar-refractivity contribution in [3.8, 4) is 17.1 Å². The third-order valence-corrected chi connectivity index (χ3v) is 3.46. The summed E-state index contributed by atoms with van der Waals surface area (Å²) in [4.78, 5) is 0. The van der Waals surface area contributed by atoms with E-state index in [0.29, 0.717) is 15.6 Å². The van der Waals surface area contributed by atoms with Gasteiger partial charge in [0.2, 0.25) is 4.77 Å². The largest absolute Gasteiger partial charge is 0.508 e. The summed E-state index contributed by atoms with van der Waals surface area (Å²) in [5.41, 5.74) is 1.59. The van der Waals surface area contributed by atoms with Crippen LogP contribution in [0.15, 0.2) is 53.6 Å². The van der Waals surface area contributed by atoms with Crippen LogP contribution in [0, 0.1) is 4.77 Å². The summed E-state index contributed by atoms with van der Waals surface area (Å²) in [5.74, 6) is 0.760. The molecule has 2 aromatic carbocycles. The highest BCUT2D eigenvalue weighted by Gasteiger charge is 2.07. The molecule has 0 saturated carbocycles. The van der Waals surface area contributed by atoms with Crippen LogP contribution in [-0.2, 0) is 0 Å². The van der Waals surface area contributed by atoms with Crippen molar-refractivity contribution in [2.45, 2.75) is 0 Å². The van der Waals surface area contributed by atoms with Crippen molar-refractivity contribution >= 4 is 30.0 Å². The molecule has 2 N–H and O–H groups in total. The molecule has 1 heterocycles. The van der Waals surface area contributed by atoms with Crippen LogP contribution in [0.1, 0.15) is 5.56 Å². The number of aromatic amines is 1. The Kier molecular flexibility index (Phi) is 4.04. The van der Waals surface area contributed by atoms with Gasteiger partial charge in [-0.2, -0.15) is 14.9 Å². The number of benzene rings is 2. The van der Waals surface area contributed by atoms with Gasteiger partial charge in [0.15, 0.2) is 5.82 Å². The van der Waals surface area contributed by atoms with Crippen LogP contribution in [0.4, 0.5) is 0 Å². The van der Waals surface area contributed by atoms with Crippen molar-refractivity contribution in [1.29, 1.82) is 0 Å². The summed E-state index contributed by atoms with van der Waals surface area (Å²) in [7, 11) is 0. The van der Waals surface area contributed by atoms with Crippen LogP contribution in [0.25, 0.3) is 11.4 Å². The fourth-order valence-electron chi connectivity index (χ4n) is 1.91. The summed E-state index contributed by atoms with van der Waals surface area (Å²) >= 11 is 11.1. The zero-order valence-corrected chi connectivity index (χ0v) is 12.8. The first-order valence-electron chi connectivity index (χ1n) is 6.40. The zero-order valence-electron chi connectivity index (χ0n) is 11.3. The highest BCUT2D eigenvalue weighted by atomic mass is 35.5. The van der Waals surface area contributed by atoms with Gasteiger partial charge in [-0.3, -0.25) is 0 Å². The minimum absolute atomic E-state index is 0.178. The van der Waals surface area contributed by atoms with Crippen molar-refractivity contribution in [1.82, 2.24) is 14.9 Å². The number of halogens is 1. The van der Waals surface area contributed by atoms with Gasteiger partial charge < -0.3 is 5.11 Å². The molecule has 110 valence electrons. The maximum atomic E-state index is 9.46. The van der Waals surface area contributed by atoms with E-state index in [1.165, 1.54) is 4.68 Å². The molecular formula is C15H11ClN4OS. The number of H-pyrrole nitrogens is 1. The molecule has 0 unspecified atom stereocenters. The average molecular weight is 331 g/mol. The van der Waals surface area contributed by atoms with Gasteiger partial charge in [-0.25, -0.2) is 5.10 Å². The van der Waals surface area contributed by atoms with Crippen LogP contribution < -0.4 is 0 Å². The van der Waals surface area contributed by atoms with Crippen molar-refractivity contribution in [2.24, 2.45) is 5.10 Å². The number of hydrogen-bond acceptors (Lipinski definition) is 4. The fraction of sp³-hybridized carbons (Fsp3) is 0. The van der Waals surface area contributed by atoms with Crippen molar-refractivity contribution < 1.29 is 5.11 Å². The number of aromatic nitrogens is 3. The standard InChI is InChI=1S/C15H11ClN4OS/c16-12-6-4-11(5-7-12)14-18-19-15(22)20(14)17-9-10-2-1-3-13(21)8-10/h1-9,21H,(H,19,22). The molecule has 22 heavy (non-hydrogen) atoms. The van der Waals surface area contributed by atoms with Gasteiger partial charge in [0.25, 0.3) is 0 Å². The quantitative estimate of drug-likeness (QED) is 0.566. The minimum Gasteiger partial charge on any atom is -0.508 e. The van der Waals surface area contributed by atoms with Gasteiger partial charge >= 0.3 is 0 Å². The predicted octanol–water partition coefficient (Wildman–Crippen LogP) is 3.85. The summed E-state index contributed by atoms with van der Waals surface area (Å²) in [5, 5.41) is 21.3. The number of phenols is 1. The van der Waals surface area contributed by atoms with Crippen LogP contribution in [-0.4, -0.2) is 26.2 Å². The molecule has 0 amide bonds. The molecule has 0 aliphatic heterocycles.